The molecule has 0 saturated heterocycles. The molecule has 0 aliphatic rings. The second-order valence-corrected chi connectivity index (χ2v) is 11.8. The van der Waals surface area contributed by atoms with E-state index in [1.807, 2.05) is 0 Å². The molecule has 8 rings (SSSR count). The van der Waals surface area contributed by atoms with E-state index in [4.69, 9.17) is 0 Å². The third-order valence-corrected chi connectivity index (χ3v) is 9.52. The molecule has 1 heteroatoms. The zero-order valence-electron chi connectivity index (χ0n) is 23.5. The maximum atomic E-state index is 4.59. The largest absolute Gasteiger partial charge is 0.179 e. The van der Waals surface area contributed by atoms with Crippen LogP contribution in [0.2, 0.25) is 0 Å². The summed E-state index contributed by atoms with van der Waals surface area (Å²) in [4.78, 5) is 0. The number of hydrogen-bond acceptors (Lipinski definition) is 1. The van der Waals surface area contributed by atoms with E-state index in [1.165, 1.54) is 81.7 Å². The fourth-order valence-corrected chi connectivity index (χ4v) is 7.18. The van der Waals surface area contributed by atoms with Crippen LogP contribution in [0.3, 0.4) is 0 Å². The molecule has 0 nitrogen and oxygen atoms in total. The highest BCUT2D eigenvalue weighted by Crippen LogP contribution is 2.46. The molecule has 1 atom stereocenters. The van der Waals surface area contributed by atoms with Gasteiger partial charge in [-0.2, -0.15) is 12.6 Å². The molecule has 0 N–H and O–H groups in total. The van der Waals surface area contributed by atoms with Crippen LogP contribution in [0.1, 0.15) is 18.4 Å². The van der Waals surface area contributed by atoms with E-state index in [1.54, 1.807) is 0 Å². The number of hydrogen-bond donors (Lipinski definition) is 1. The van der Waals surface area contributed by atoms with Crippen molar-refractivity contribution < 1.29 is 0 Å². The van der Waals surface area contributed by atoms with Crippen LogP contribution in [0, 0.1) is 0 Å². The van der Waals surface area contributed by atoms with Crippen LogP contribution < -0.4 is 0 Å². The summed E-state index contributed by atoms with van der Waals surface area (Å²) >= 11 is 4.59. The lowest BCUT2D eigenvalue weighted by Crippen LogP contribution is -1.96. The van der Waals surface area contributed by atoms with E-state index >= 15 is 0 Å². The van der Waals surface area contributed by atoms with Crippen molar-refractivity contribution in [2.75, 3.05) is 5.75 Å². The summed E-state index contributed by atoms with van der Waals surface area (Å²) in [7, 11) is 0. The van der Waals surface area contributed by atoms with Crippen molar-refractivity contribution in [2.24, 2.45) is 0 Å². The minimum Gasteiger partial charge on any atom is -0.179 e. The van der Waals surface area contributed by atoms with E-state index in [0.29, 0.717) is 5.92 Å². The first-order valence-corrected chi connectivity index (χ1v) is 15.3. The minimum absolute atomic E-state index is 0.403. The van der Waals surface area contributed by atoms with Gasteiger partial charge < -0.3 is 0 Å². The molecular formula is C41H30S. The van der Waals surface area contributed by atoms with Crippen LogP contribution in [-0.4, -0.2) is 5.75 Å². The van der Waals surface area contributed by atoms with Crippen molar-refractivity contribution in [2.45, 2.75) is 12.8 Å². The maximum Gasteiger partial charge on any atom is -0.00199 e. The van der Waals surface area contributed by atoms with Crippen molar-refractivity contribution in [3.05, 3.63) is 145 Å². The van der Waals surface area contributed by atoms with Crippen molar-refractivity contribution in [3.8, 4) is 22.3 Å². The van der Waals surface area contributed by atoms with Gasteiger partial charge in [-0.05, 0) is 105 Å². The first-order chi connectivity index (χ1) is 20.7. The van der Waals surface area contributed by atoms with Gasteiger partial charge in [-0.15, -0.1) is 0 Å². The highest BCUT2D eigenvalue weighted by Gasteiger charge is 2.19. The summed E-state index contributed by atoms with van der Waals surface area (Å²) < 4.78 is 0. The summed E-state index contributed by atoms with van der Waals surface area (Å²) in [6, 6.07) is 51.6. The van der Waals surface area contributed by atoms with Crippen LogP contribution in [-0.2, 0) is 0 Å². The van der Waals surface area contributed by atoms with Crippen LogP contribution in [0.25, 0.3) is 76.1 Å². The zero-order chi connectivity index (χ0) is 28.2. The summed E-state index contributed by atoms with van der Waals surface area (Å²) in [5, 5.41) is 12.9. The van der Waals surface area contributed by atoms with Gasteiger partial charge in [0.1, 0.15) is 0 Å². The Morgan fingerprint density at radius 2 is 0.976 bits per heavy atom. The van der Waals surface area contributed by atoms with Gasteiger partial charge in [0, 0.05) is 0 Å². The van der Waals surface area contributed by atoms with Gasteiger partial charge in [-0.25, -0.2) is 0 Å². The Morgan fingerprint density at radius 1 is 0.452 bits per heavy atom. The molecule has 0 unspecified atom stereocenters. The SMILES string of the molecule is C[C@H](CS)c1cccc2cc(-c3c4ccccc4c(-c4cc5ccccc5c5ccccc45)c4ccccc34)ccc12. The van der Waals surface area contributed by atoms with E-state index < -0.39 is 0 Å². The van der Waals surface area contributed by atoms with Gasteiger partial charge >= 0.3 is 0 Å². The molecule has 0 aliphatic heterocycles. The molecule has 0 saturated carbocycles. The van der Waals surface area contributed by atoms with Crippen LogP contribution in [0.5, 0.6) is 0 Å². The monoisotopic (exact) mass is 554 g/mol. The van der Waals surface area contributed by atoms with Gasteiger partial charge in [0.15, 0.2) is 0 Å². The van der Waals surface area contributed by atoms with E-state index in [-0.39, 0.29) is 0 Å². The maximum absolute atomic E-state index is 4.59. The van der Waals surface area contributed by atoms with Gasteiger partial charge in [0.25, 0.3) is 0 Å². The molecule has 0 spiro atoms. The summed E-state index contributed by atoms with van der Waals surface area (Å²) in [6.07, 6.45) is 0. The molecule has 8 aromatic carbocycles. The lowest BCUT2D eigenvalue weighted by atomic mass is 9.83. The fourth-order valence-electron chi connectivity index (χ4n) is 6.98. The van der Waals surface area contributed by atoms with Crippen molar-refractivity contribution >= 4 is 66.5 Å². The molecule has 0 aliphatic carbocycles. The van der Waals surface area contributed by atoms with E-state index in [0.717, 1.165) is 5.75 Å². The summed E-state index contributed by atoms with van der Waals surface area (Å²) in [5.74, 6) is 1.24. The van der Waals surface area contributed by atoms with Crippen molar-refractivity contribution in [1.29, 1.82) is 0 Å². The Morgan fingerprint density at radius 3 is 1.64 bits per heavy atom. The van der Waals surface area contributed by atoms with Gasteiger partial charge in [0.2, 0.25) is 0 Å². The normalized spacial score (nSPS) is 12.5. The Labute approximate surface area is 251 Å². The van der Waals surface area contributed by atoms with Crippen LogP contribution >= 0.6 is 12.6 Å². The first-order valence-electron chi connectivity index (χ1n) is 14.7. The molecule has 0 aromatic heterocycles. The highest BCUT2D eigenvalue weighted by molar-refractivity contribution is 7.80. The molecule has 42 heavy (non-hydrogen) atoms. The summed E-state index contributed by atoms with van der Waals surface area (Å²) in [6.45, 7) is 2.26. The molecule has 200 valence electrons. The lowest BCUT2D eigenvalue weighted by Gasteiger charge is -2.20. The molecule has 0 amide bonds. The van der Waals surface area contributed by atoms with Crippen molar-refractivity contribution in [3.63, 3.8) is 0 Å². The Hall–Kier alpha value is -4.59. The average molecular weight is 555 g/mol. The van der Waals surface area contributed by atoms with E-state index in [9.17, 15) is 0 Å². The Bertz CT molecular complexity index is 2250. The minimum atomic E-state index is 0.403. The highest BCUT2D eigenvalue weighted by atomic mass is 32.1. The average Bonchev–Trinajstić information content (AvgIpc) is 3.06. The Kier molecular flexibility index (Phi) is 6.02. The van der Waals surface area contributed by atoms with Gasteiger partial charge in [-0.3, -0.25) is 0 Å². The Balaban J connectivity index is 1.48. The smallest absolute Gasteiger partial charge is 0.00199 e. The van der Waals surface area contributed by atoms with Gasteiger partial charge in [0.05, 0.1) is 0 Å². The van der Waals surface area contributed by atoms with E-state index in [2.05, 4.69) is 159 Å². The number of benzene rings is 8. The second-order valence-electron chi connectivity index (χ2n) is 11.4. The third kappa shape index (κ3) is 3.85. The third-order valence-electron chi connectivity index (χ3n) is 8.98. The predicted molar refractivity (Wildman–Crippen MR) is 187 cm³/mol. The van der Waals surface area contributed by atoms with Crippen molar-refractivity contribution in [1.82, 2.24) is 0 Å². The van der Waals surface area contributed by atoms with Crippen LogP contribution in [0.4, 0.5) is 0 Å². The number of fused-ring (bicyclic) bond motifs is 6. The molecule has 0 bridgehead atoms. The molecule has 0 radical (unpaired) electrons. The fraction of sp³-hybridized carbons (Fsp3) is 0.0732. The zero-order valence-corrected chi connectivity index (χ0v) is 24.4. The van der Waals surface area contributed by atoms with Gasteiger partial charge in [-0.1, -0.05) is 134 Å². The first kappa shape index (κ1) is 25.1. The van der Waals surface area contributed by atoms with Crippen LogP contribution in [0.15, 0.2) is 140 Å². The quantitative estimate of drug-likeness (QED) is 0.125. The number of rotatable bonds is 4. The molecular weight excluding hydrogens is 525 g/mol. The molecule has 8 aromatic rings. The second kappa shape index (κ2) is 10.0. The summed E-state index contributed by atoms with van der Waals surface area (Å²) in [5.41, 5.74) is 6.50. The predicted octanol–water partition coefficient (Wildman–Crippen LogP) is 11.8. The number of thiol groups is 1. The standard InChI is InChI=1S/C41H30S/c1-26(25-42)30-20-10-12-27-23-29(21-22-32(27)30)40-35-16-6-8-18-37(35)41(38-19-9-7-17-36(38)40)39-24-28-11-2-3-13-31(28)33-14-4-5-15-34(33)39/h2-24,26,42H,25H2,1H3/t26-/m1/s1. The lowest BCUT2D eigenvalue weighted by molar-refractivity contribution is 0.894. The topological polar surface area (TPSA) is 0 Å². The molecule has 0 heterocycles. The molecule has 0 fully saturated rings.